The number of nitrogens with one attached hydrogen (secondary N) is 2. The molecule has 0 aliphatic heterocycles. The lowest BCUT2D eigenvalue weighted by Crippen LogP contribution is -2.39. The molecule has 0 saturated carbocycles. The average Bonchev–Trinajstić information content (AvgIpc) is 2.66. The van der Waals surface area contributed by atoms with E-state index in [1.54, 1.807) is 12.1 Å². The van der Waals surface area contributed by atoms with E-state index in [9.17, 15) is 8.42 Å². The zero-order valence-electron chi connectivity index (χ0n) is 17.9. The molecule has 0 unspecified atom stereocenters. The van der Waals surface area contributed by atoms with Gasteiger partial charge in [-0.25, -0.2) is 8.42 Å². The Labute approximate surface area is 202 Å². The van der Waals surface area contributed by atoms with Crippen LogP contribution in [-0.2, 0) is 21.7 Å². The lowest BCUT2D eigenvalue weighted by Gasteiger charge is -2.24. The molecule has 0 atom stereocenters. The molecule has 0 heterocycles. The fraction of sp³-hybridized carbons (Fsp3) is 0.409. The van der Waals surface area contributed by atoms with Crippen LogP contribution >= 0.6 is 35.6 Å². The van der Waals surface area contributed by atoms with Crippen LogP contribution in [0.1, 0.15) is 31.9 Å². The first kappa shape index (κ1) is 26.7. The van der Waals surface area contributed by atoms with E-state index in [4.69, 9.17) is 16.6 Å². The minimum atomic E-state index is -3.16. The molecule has 2 aromatic carbocycles. The van der Waals surface area contributed by atoms with Gasteiger partial charge in [0.25, 0.3) is 0 Å². The van der Waals surface area contributed by atoms with Crippen LogP contribution in [0, 0.1) is 0 Å². The molecule has 0 fully saturated rings. The summed E-state index contributed by atoms with van der Waals surface area (Å²) in [6.07, 6.45) is 1.99. The molecule has 2 rings (SSSR count). The predicted molar refractivity (Wildman–Crippen MR) is 137 cm³/mol. The summed E-state index contributed by atoms with van der Waals surface area (Å²) in [7, 11) is -3.16. The van der Waals surface area contributed by atoms with Crippen molar-refractivity contribution >= 4 is 51.4 Å². The van der Waals surface area contributed by atoms with Gasteiger partial charge in [0, 0.05) is 29.8 Å². The van der Waals surface area contributed by atoms with Crippen molar-refractivity contribution in [1.82, 2.24) is 10.6 Å². The molecule has 0 saturated heterocycles. The van der Waals surface area contributed by atoms with Gasteiger partial charge >= 0.3 is 0 Å². The number of rotatable bonds is 8. The highest BCUT2D eigenvalue weighted by Crippen LogP contribution is 2.24. The molecule has 0 amide bonds. The monoisotopic (exact) mass is 563 g/mol. The third-order valence-electron chi connectivity index (χ3n) is 4.66. The molecule has 0 aliphatic carbocycles. The van der Waals surface area contributed by atoms with E-state index < -0.39 is 9.84 Å². The van der Waals surface area contributed by atoms with Crippen LogP contribution in [0.3, 0.4) is 0 Å². The lowest BCUT2D eigenvalue weighted by atomic mass is 9.85. The molecule has 8 heteroatoms. The van der Waals surface area contributed by atoms with Gasteiger partial charge in [0.2, 0.25) is 0 Å². The smallest absolute Gasteiger partial charge is 0.191 e. The summed E-state index contributed by atoms with van der Waals surface area (Å²) in [5, 5.41) is 7.35. The summed E-state index contributed by atoms with van der Waals surface area (Å²) in [4.78, 5) is 5.08. The van der Waals surface area contributed by atoms with E-state index in [0.717, 1.165) is 29.5 Å². The first-order valence-electron chi connectivity index (χ1n) is 9.69. The second kappa shape index (κ2) is 11.9. The highest BCUT2D eigenvalue weighted by Gasteiger charge is 2.20. The Morgan fingerprint density at radius 3 is 2.17 bits per heavy atom. The normalized spacial score (nSPS) is 12.2. The van der Waals surface area contributed by atoms with Crippen molar-refractivity contribution in [3.63, 3.8) is 0 Å². The summed E-state index contributed by atoms with van der Waals surface area (Å²) in [6, 6.07) is 14.9. The third-order valence-corrected chi connectivity index (χ3v) is 6.04. The van der Waals surface area contributed by atoms with Gasteiger partial charge < -0.3 is 10.6 Å². The van der Waals surface area contributed by atoms with E-state index in [2.05, 4.69) is 24.5 Å². The van der Waals surface area contributed by atoms with Crippen LogP contribution in [0.5, 0.6) is 0 Å². The van der Waals surface area contributed by atoms with E-state index in [1.165, 1.54) is 11.8 Å². The van der Waals surface area contributed by atoms with Crippen molar-refractivity contribution in [3.05, 3.63) is 64.7 Å². The van der Waals surface area contributed by atoms with Crippen LogP contribution in [0.25, 0.3) is 0 Å². The van der Waals surface area contributed by atoms with E-state index >= 15 is 0 Å². The molecular weight excluding hydrogens is 533 g/mol. The van der Waals surface area contributed by atoms with E-state index in [0.29, 0.717) is 18.0 Å². The maximum Gasteiger partial charge on any atom is 0.191 e. The van der Waals surface area contributed by atoms with E-state index in [-0.39, 0.29) is 29.4 Å². The van der Waals surface area contributed by atoms with Gasteiger partial charge in [-0.3, -0.25) is 4.99 Å². The molecule has 2 aromatic rings. The number of guanidine groups is 1. The molecule has 0 spiro atoms. The molecular formula is C22H31ClIN3O2S. The van der Waals surface area contributed by atoms with Crippen molar-refractivity contribution in [2.75, 3.05) is 25.9 Å². The summed E-state index contributed by atoms with van der Waals surface area (Å²) in [6.45, 7) is 8.46. The fourth-order valence-corrected chi connectivity index (χ4v) is 3.60. The maximum absolute atomic E-state index is 11.5. The third kappa shape index (κ3) is 8.43. The quantitative estimate of drug-likeness (QED) is 0.283. The van der Waals surface area contributed by atoms with Crippen LogP contribution in [0.15, 0.2) is 58.4 Å². The molecule has 0 aliphatic rings. The Hall–Kier alpha value is -1.32. The number of hydrogen-bond donors (Lipinski definition) is 2. The zero-order chi connectivity index (χ0) is 21.5. The van der Waals surface area contributed by atoms with E-state index in [1.807, 2.05) is 43.3 Å². The minimum Gasteiger partial charge on any atom is -0.357 e. The fourth-order valence-electron chi connectivity index (χ4n) is 2.84. The molecule has 30 heavy (non-hydrogen) atoms. The Bertz CT molecular complexity index is 928. The maximum atomic E-state index is 11.5. The Morgan fingerprint density at radius 2 is 1.63 bits per heavy atom. The predicted octanol–water partition coefficient (Wildman–Crippen LogP) is 4.44. The summed E-state index contributed by atoms with van der Waals surface area (Å²) < 4.78 is 23.1. The van der Waals surface area contributed by atoms with Gasteiger partial charge in [0.1, 0.15) is 0 Å². The number of aliphatic imine (C=N–C) groups is 1. The molecule has 0 radical (unpaired) electrons. The van der Waals surface area contributed by atoms with Crippen molar-refractivity contribution < 1.29 is 8.42 Å². The summed E-state index contributed by atoms with van der Waals surface area (Å²) in [5.74, 6) is 0.766. The first-order valence-corrected chi connectivity index (χ1v) is 12.0. The largest absolute Gasteiger partial charge is 0.357 e. The molecule has 0 aromatic heterocycles. The van der Waals surface area contributed by atoms with Gasteiger partial charge in [-0.1, -0.05) is 49.7 Å². The minimum absolute atomic E-state index is 0. The van der Waals surface area contributed by atoms with Crippen LogP contribution < -0.4 is 10.6 Å². The number of halogens is 2. The summed E-state index contributed by atoms with van der Waals surface area (Å²) in [5.41, 5.74) is 2.14. The Morgan fingerprint density at radius 1 is 1.03 bits per heavy atom. The van der Waals surface area contributed by atoms with Crippen LogP contribution in [-0.4, -0.2) is 40.3 Å². The van der Waals surface area contributed by atoms with Crippen molar-refractivity contribution in [1.29, 1.82) is 0 Å². The SMILES string of the molecule is CCNC(=NCC(C)(C)c1ccc(Cl)cc1)NCCc1ccc(S(C)(=O)=O)cc1.I. The van der Waals surface area contributed by atoms with Crippen molar-refractivity contribution in [3.8, 4) is 0 Å². The van der Waals surface area contributed by atoms with Crippen molar-refractivity contribution in [2.24, 2.45) is 4.99 Å². The zero-order valence-corrected chi connectivity index (χ0v) is 21.8. The molecule has 0 bridgehead atoms. The number of hydrogen-bond acceptors (Lipinski definition) is 3. The Balaban J connectivity index is 0.00000450. The lowest BCUT2D eigenvalue weighted by molar-refractivity contribution is 0.537. The van der Waals surface area contributed by atoms with Crippen LogP contribution in [0.2, 0.25) is 5.02 Å². The first-order chi connectivity index (χ1) is 13.6. The van der Waals surface area contributed by atoms with Crippen molar-refractivity contribution in [2.45, 2.75) is 37.5 Å². The standard InChI is InChI=1S/C22H30ClN3O2S.HI/c1-5-24-21(26-16-22(2,3)18-8-10-19(23)11-9-18)25-15-14-17-6-12-20(13-7-17)29(4,27)28;/h6-13H,5,14-16H2,1-4H3,(H2,24,25,26);1H. The van der Waals surface area contributed by atoms with Gasteiger partial charge in [-0.2, -0.15) is 0 Å². The van der Waals surface area contributed by atoms with Gasteiger partial charge in [-0.15, -0.1) is 24.0 Å². The summed E-state index contributed by atoms with van der Waals surface area (Å²) >= 11 is 5.99. The average molecular weight is 564 g/mol. The number of benzene rings is 2. The molecule has 2 N–H and O–H groups in total. The van der Waals surface area contributed by atoms with Gasteiger partial charge in [-0.05, 0) is 48.7 Å². The van der Waals surface area contributed by atoms with Gasteiger partial charge in [0.05, 0.1) is 11.4 Å². The second-order valence-electron chi connectivity index (χ2n) is 7.68. The topological polar surface area (TPSA) is 70.6 Å². The molecule has 5 nitrogen and oxygen atoms in total. The van der Waals surface area contributed by atoms with Gasteiger partial charge in [0.15, 0.2) is 15.8 Å². The number of nitrogens with zero attached hydrogens (tertiary/aromatic N) is 1. The Kier molecular flexibility index (Phi) is 10.6. The van der Waals surface area contributed by atoms with Crippen LogP contribution in [0.4, 0.5) is 0 Å². The highest BCUT2D eigenvalue weighted by molar-refractivity contribution is 14.0. The number of sulfone groups is 1. The highest BCUT2D eigenvalue weighted by atomic mass is 127. The second-order valence-corrected chi connectivity index (χ2v) is 10.1. The molecule has 166 valence electrons.